The quantitative estimate of drug-likeness (QED) is 0.748. The van der Waals surface area contributed by atoms with E-state index in [0.717, 1.165) is 23.4 Å². The summed E-state index contributed by atoms with van der Waals surface area (Å²) < 4.78 is 70.9. The molecule has 1 N–H and O–H groups in total. The van der Waals surface area contributed by atoms with Gasteiger partial charge < -0.3 is 4.74 Å². The first-order valence-corrected chi connectivity index (χ1v) is 11.0. The van der Waals surface area contributed by atoms with Gasteiger partial charge in [-0.2, -0.15) is 13.2 Å². The summed E-state index contributed by atoms with van der Waals surface area (Å²) in [6, 6.07) is 9.33. The third-order valence-electron chi connectivity index (χ3n) is 4.85. The molecule has 1 heterocycles. The van der Waals surface area contributed by atoms with E-state index in [1.807, 2.05) is 19.1 Å². The van der Waals surface area contributed by atoms with E-state index in [2.05, 4.69) is 9.71 Å². The van der Waals surface area contributed by atoms with E-state index < -0.39 is 21.8 Å². The molecule has 0 bridgehead atoms. The van der Waals surface area contributed by atoms with E-state index in [-0.39, 0.29) is 23.8 Å². The molecule has 1 aliphatic carbocycles. The van der Waals surface area contributed by atoms with Crippen LogP contribution in [0.4, 0.5) is 13.2 Å². The van der Waals surface area contributed by atoms with Gasteiger partial charge in [0.05, 0.1) is 11.3 Å². The van der Waals surface area contributed by atoms with E-state index >= 15 is 0 Å². The molecule has 1 aliphatic rings. The third-order valence-corrected chi connectivity index (χ3v) is 6.25. The molecule has 1 aromatic carbocycles. The minimum absolute atomic E-state index is 0.0703. The van der Waals surface area contributed by atoms with Gasteiger partial charge in [-0.25, -0.2) is 18.1 Å². The number of alkyl halides is 3. The molecule has 0 atom stereocenters. The molecule has 29 heavy (non-hydrogen) atoms. The Kier molecular flexibility index (Phi) is 6.48. The van der Waals surface area contributed by atoms with E-state index in [4.69, 9.17) is 4.74 Å². The summed E-state index contributed by atoms with van der Waals surface area (Å²) in [5, 5.41) is 0. The SMILES string of the molecule is Cc1ccc(CS(=O)(=O)NC2CCC(Oc3ccc(C(F)(F)F)cn3)CC2)cc1. The molecular weight excluding hydrogens is 405 g/mol. The molecule has 1 aromatic heterocycles. The van der Waals surface area contributed by atoms with Crippen molar-refractivity contribution in [2.45, 2.75) is 56.7 Å². The summed E-state index contributed by atoms with van der Waals surface area (Å²) in [4.78, 5) is 3.72. The maximum atomic E-state index is 12.6. The number of benzene rings is 1. The maximum absolute atomic E-state index is 12.6. The Bertz CT molecular complexity index is 905. The van der Waals surface area contributed by atoms with Gasteiger partial charge in [-0.1, -0.05) is 29.8 Å². The zero-order chi connectivity index (χ0) is 21.1. The van der Waals surface area contributed by atoms with Crippen LogP contribution in [0.15, 0.2) is 42.6 Å². The van der Waals surface area contributed by atoms with E-state index in [1.54, 1.807) is 12.1 Å². The van der Waals surface area contributed by atoms with Gasteiger partial charge in [-0.15, -0.1) is 0 Å². The van der Waals surface area contributed by atoms with Crippen LogP contribution < -0.4 is 9.46 Å². The number of aromatic nitrogens is 1. The average molecular weight is 428 g/mol. The maximum Gasteiger partial charge on any atom is 0.417 e. The fourth-order valence-corrected chi connectivity index (χ4v) is 4.74. The normalized spacial score (nSPS) is 20.4. The minimum Gasteiger partial charge on any atom is -0.474 e. The molecule has 0 unspecified atom stereocenters. The van der Waals surface area contributed by atoms with Gasteiger partial charge in [0.25, 0.3) is 0 Å². The molecular formula is C20H23F3N2O3S. The fourth-order valence-electron chi connectivity index (χ4n) is 3.29. The van der Waals surface area contributed by atoms with Crippen LogP contribution in [0.25, 0.3) is 0 Å². The summed E-state index contributed by atoms with van der Waals surface area (Å²) >= 11 is 0. The van der Waals surface area contributed by atoms with Crippen molar-refractivity contribution in [2.24, 2.45) is 0 Å². The molecule has 9 heteroatoms. The van der Waals surface area contributed by atoms with Crippen LogP contribution in [0.5, 0.6) is 5.88 Å². The zero-order valence-electron chi connectivity index (χ0n) is 15.9. The van der Waals surface area contributed by atoms with Crippen molar-refractivity contribution in [3.63, 3.8) is 0 Å². The van der Waals surface area contributed by atoms with Gasteiger partial charge in [0.1, 0.15) is 6.10 Å². The number of halogens is 3. The van der Waals surface area contributed by atoms with Crippen molar-refractivity contribution < 1.29 is 26.3 Å². The second kappa shape index (κ2) is 8.71. The van der Waals surface area contributed by atoms with Crippen LogP contribution in [-0.2, 0) is 22.0 Å². The monoisotopic (exact) mass is 428 g/mol. The smallest absolute Gasteiger partial charge is 0.417 e. The summed E-state index contributed by atoms with van der Waals surface area (Å²) in [6.07, 6.45) is -1.49. The summed E-state index contributed by atoms with van der Waals surface area (Å²) in [6.45, 7) is 1.94. The highest BCUT2D eigenvalue weighted by molar-refractivity contribution is 7.88. The second-order valence-corrected chi connectivity index (χ2v) is 9.09. The van der Waals surface area contributed by atoms with Gasteiger partial charge in [-0.3, -0.25) is 0 Å². The third kappa shape index (κ3) is 6.43. The predicted molar refractivity (Wildman–Crippen MR) is 103 cm³/mol. The summed E-state index contributed by atoms with van der Waals surface area (Å²) in [5.74, 6) is 0.0699. The second-order valence-electron chi connectivity index (χ2n) is 7.34. The number of nitrogens with one attached hydrogen (secondary N) is 1. The Balaban J connectivity index is 1.48. The van der Waals surface area contributed by atoms with Crippen molar-refractivity contribution >= 4 is 10.0 Å². The van der Waals surface area contributed by atoms with Crippen LogP contribution in [-0.4, -0.2) is 25.5 Å². The number of hydrogen-bond donors (Lipinski definition) is 1. The van der Waals surface area contributed by atoms with Crippen molar-refractivity contribution in [3.05, 3.63) is 59.3 Å². The number of pyridine rings is 1. The lowest BCUT2D eigenvalue weighted by molar-refractivity contribution is -0.137. The number of sulfonamides is 1. The molecule has 0 radical (unpaired) electrons. The predicted octanol–water partition coefficient (Wildman–Crippen LogP) is 4.22. The van der Waals surface area contributed by atoms with Crippen LogP contribution in [0, 0.1) is 6.92 Å². The van der Waals surface area contributed by atoms with Gasteiger partial charge in [0.2, 0.25) is 15.9 Å². The Morgan fingerprint density at radius 2 is 1.72 bits per heavy atom. The topological polar surface area (TPSA) is 68.3 Å². The molecule has 1 saturated carbocycles. The van der Waals surface area contributed by atoms with Gasteiger partial charge in [-0.05, 0) is 44.2 Å². The number of hydrogen-bond acceptors (Lipinski definition) is 4. The van der Waals surface area contributed by atoms with Gasteiger partial charge in [0, 0.05) is 18.3 Å². The van der Waals surface area contributed by atoms with E-state index in [1.165, 1.54) is 6.07 Å². The average Bonchev–Trinajstić information content (AvgIpc) is 2.64. The van der Waals surface area contributed by atoms with E-state index in [9.17, 15) is 21.6 Å². The van der Waals surface area contributed by atoms with Crippen molar-refractivity contribution in [3.8, 4) is 5.88 Å². The number of ether oxygens (including phenoxy) is 1. The lowest BCUT2D eigenvalue weighted by Crippen LogP contribution is -2.40. The van der Waals surface area contributed by atoms with Crippen LogP contribution in [0.3, 0.4) is 0 Å². The molecule has 0 aliphatic heterocycles. The molecule has 0 amide bonds. The Morgan fingerprint density at radius 1 is 1.07 bits per heavy atom. The lowest BCUT2D eigenvalue weighted by Gasteiger charge is -2.29. The van der Waals surface area contributed by atoms with Crippen LogP contribution >= 0.6 is 0 Å². The summed E-state index contributed by atoms with van der Waals surface area (Å²) in [5.41, 5.74) is 0.977. The largest absolute Gasteiger partial charge is 0.474 e. The molecule has 0 spiro atoms. The Labute approximate surface area is 168 Å². The first-order chi connectivity index (χ1) is 13.6. The van der Waals surface area contributed by atoms with Crippen LogP contribution in [0.1, 0.15) is 42.4 Å². The molecule has 0 saturated heterocycles. The Hall–Kier alpha value is -2.13. The highest BCUT2D eigenvalue weighted by Crippen LogP contribution is 2.30. The van der Waals surface area contributed by atoms with Crippen molar-refractivity contribution in [2.75, 3.05) is 0 Å². The summed E-state index contributed by atoms with van der Waals surface area (Å²) in [7, 11) is -3.45. The number of rotatable bonds is 6. The molecule has 5 nitrogen and oxygen atoms in total. The first kappa shape index (κ1) is 21.6. The molecule has 2 aromatic rings. The minimum atomic E-state index is -4.43. The molecule has 1 fully saturated rings. The highest BCUT2D eigenvalue weighted by atomic mass is 32.2. The molecule has 3 rings (SSSR count). The Morgan fingerprint density at radius 3 is 2.28 bits per heavy atom. The van der Waals surface area contributed by atoms with Crippen molar-refractivity contribution in [1.29, 1.82) is 0 Å². The first-order valence-electron chi connectivity index (χ1n) is 9.36. The van der Waals surface area contributed by atoms with Gasteiger partial charge in [0.15, 0.2) is 0 Å². The highest BCUT2D eigenvalue weighted by Gasteiger charge is 2.31. The number of aryl methyl sites for hydroxylation is 1. The van der Waals surface area contributed by atoms with E-state index in [0.29, 0.717) is 25.7 Å². The zero-order valence-corrected chi connectivity index (χ0v) is 16.8. The fraction of sp³-hybridized carbons (Fsp3) is 0.450. The van der Waals surface area contributed by atoms with Crippen LogP contribution in [0.2, 0.25) is 0 Å². The molecule has 158 valence electrons. The number of nitrogens with zero attached hydrogens (tertiary/aromatic N) is 1. The lowest BCUT2D eigenvalue weighted by atomic mass is 9.94. The van der Waals surface area contributed by atoms with Gasteiger partial charge >= 0.3 is 6.18 Å². The van der Waals surface area contributed by atoms with Crippen molar-refractivity contribution in [1.82, 2.24) is 9.71 Å². The standard InChI is InChI=1S/C20H23F3N2O3S/c1-14-2-4-15(5-3-14)13-29(26,27)25-17-7-9-18(10-8-17)28-19-11-6-16(12-24-19)20(21,22)23/h2-6,11-12,17-18,25H,7-10,13H2,1H3.